The normalized spacial score (nSPS) is 24.0. The van der Waals surface area contributed by atoms with Gasteiger partial charge in [0.05, 0.1) is 13.2 Å². The van der Waals surface area contributed by atoms with E-state index in [9.17, 15) is 4.79 Å². The minimum Gasteiger partial charge on any atom is -0.486 e. The summed E-state index contributed by atoms with van der Waals surface area (Å²) < 4.78 is 17.2. The van der Waals surface area contributed by atoms with Gasteiger partial charge in [-0.05, 0) is 11.6 Å². The van der Waals surface area contributed by atoms with Crippen molar-refractivity contribution in [2.24, 2.45) is 5.92 Å². The molecule has 0 saturated heterocycles. The fraction of sp³-hybridized carbons (Fsp3) is 0.353. The van der Waals surface area contributed by atoms with Crippen molar-refractivity contribution < 1.29 is 19.0 Å². The van der Waals surface area contributed by atoms with Crippen LogP contribution in [-0.2, 0) is 25.6 Å². The molecule has 21 heavy (non-hydrogen) atoms. The van der Waals surface area contributed by atoms with Crippen LogP contribution in [0.25, 0.3) is 0 Å². The Morgan fingerprint density at radius 2 is 2.14 bits per heavy atom. The highest BCUT2D eigenvalue weighted by Crippen LogP contribution is 2.29. The van der Waals surface area contributed by atoms with Crippen LogP contribution >= 0.6 is 0 Å². The lowest BCUT2D eigenvalue weighted by Gasteiger charge is -2.30. The van der Waals surface area contributed by atoms with E-state index in [1.54, 1.807) is 0 Å². The molecule has 1 aromatic carbocycles. The second kappa shape index (κ2) is 6.59. The summed E-state index contributed by atoms with van der Waals surface area (Å²) in [6, 6.07) is 10.0. The van der Waals surface area contributed by atoms with Gasteiger partial charge in [0.2, 0.25) is 0 Å². The molecule has 4 nitrogen and oxygen atoms in total. The van der Waals surface area contributed by atoms with Gasteiger partial charge in [0.1, 0.15) is 18.7 Å². The van der Waals surface area contributed by atoms with Crippen LogP contribution < -0.4 is 0 Å². The Morgan fingerprint density at radius 3 is 2.95 bits per heavy atom. The van der Waals surface area contributed by atoms with Gasteiger partial charge in [-0.1, -0.05) is 36.4 Å². The molecule has 0 radical (unpaired) electrons. The number of hydrogen-bond donors (Lipinski definition) is 0. The first-order valence-corrected chi connectivity index (χ1v) is 7.13. The second-order valence-electron chi connectivity index (χ2n) is 5.20. The summed E-state index contributed by atoms with van der Waals surface area (Å²) in [5, 5.41) is 0. The van der Waals surface area contributed by atoms with E-state index in [2.05, 4.69) is 0 Å². The van der Waals surface area contributed by atoms with Gasteiger partial charge in [0, 0.05) is 12.3 Å². The first-order chi connectivity index (χ1) is 10.3. The lowest BCUT2D eigenvalue weighted by molar-refractivity contribution is -0.110. The summed E-state index contributed by atoms with van der Waals surface area (Å²) in [5.74, 6) is 1.39. The van der Waals surface area contributed by atoms with Crippen LogP contribution in [0, 0.1) is 5.92 Å². The Morgan fingerprint density at radius 1 is 1.29 bits per heavy atom. The highest BCUT2D eigenvalue weighted by Gasteiger charge is 2.26. The quantitative estimate of drug-likeness (QED) is 0.781. The molecule has 1 heterocycles. The van der Waals surface area contributed by atoms with E-state index in [0.29, 0.717) is 26.2 Å². The molecular formula is C17H18O4. The summed E-state index contributed by atoms with van der Waals surface area (Å²) in [6.07, 6.45) is 5.05. The molecule has 1 aliphatic carbocycles. The Labute approximate surface area is 124 Å². The molecule has 4 heteroatoms. The van der Waals surface area contributed by atoms with Gasteiger partial charge in [-0.3, -0.25) is 0 Å². The SMILES string of the molecule is O=CC1C=CC2=C(C1)OC(COCc1ccccc1)CO2. The molecule has 0 aromatic heterocycles. The third kappa shape index (κ3) is 3.52. The number of ether oxygens (including phenoxy) is 3. The molecule has 2 atom stereocenters. The third-order valence-electron chi connectivity index (χ3n) is 3.51. The fourth-order valence-corrected chi connectivity index (χ4v) is 2.40. The van der Waals surface area contributed by atoms with Crippen LogP contribution in [0.1, 0.15) is 12.0 Å². The smallest absolute Gasteiger partial charge is 0.156 e. The fourth-order valence-electron chi connectivity index (χ4n) is 2.40. The molecule has 110 valence electrons. The highest BCUT2D eigenvalue weighted by atomic mass is 16.6. The van der Waals surface area contributed by atoms with Crippen molar-refractivity contribution in [3.05, 3.63) is 59.6 Å². The van der Waals surface area contributed by atoms with Gasteiger partial charge in [-0.25, -0.2) is 0 Å². The van der Waals surface area contributed by atoms with Gasteiger partial charge in [-0.15, -0.1) is 0 Å². The number of carbonyl (C=O) groups excluding carboxylic acids is 1. The van der Waals surface area contributed by atoms with Crippen molar-refractivity contribution in [3.8, 4) is 0 Å². The predicted octanol–water partition coefficient (Wildman–Crippen LogP) is 2.61. The van der Waals surface area contributed by atoms with E-state index in [1.165, 1.54) is 0 Å². The summed E-state index contributed by atoms with van der Waals surface area (Å²) in [5.41, 5.74) is 1.13. The van der Waals surface area contributed by atoms with Crippen LogP contribution in [0.5, 0.6) is 0 Å². The lowest BCUT2D eigenvalue weighted by atomic mass is 9.99. The largest absolute Gasteiger partial charge is 0.486 e. The molecule has 2 unspecified atom stereocenters. The van der Waals surface area contributed by atoms with E-state index >= 15 is 0 Å². The Kier molecular flexibility index (Phi) is 4.36. The minimum absolute atomic E-state index is 0.115. The first-order valence-electron chi connectivity index (χ1n) is 7.13. The van der Waals surface area contributed by atoms with Crippen LogP contribution in [0.3, 0.4) is 0 Å². The molecule has 2 aliphatic rings. The standard InChI is InChI=1S/C17H18O4/c18-9-14-6-7-16-17(8-14)21-15(12-20-16)11-19-10-13-4-2-1-3-5-13/h1-7,9,14-15H,8,10-12H2. The summed E-state index contributed by atoms with van der Waals surface area (Å²) in [7, 11) is 0. The zero-order chi connectivity index (χ0) is 14.5. The zero-order valence-electron chi connectivity index (χ0n) is 11.7. The summed E-state index contributed by atoms with van der Waals surface area (Å²) >= 11 is 0. The van der Waals surface area contributed by atoms with E-state index < -0.39 is 0 Å². The number of hydrogen-bond acceptors (Lipinski definition) is 4. The van der Waals surface area contributed by atoms with Crippen LogP contribution in [0.2, 0.25) is 0 Å². The van der Waals surface area contributed by atoms with Crippen molar-refractivity contribution >= 4 is 6.29 Å². The van der Waals surface area contributed by atoms with E-state index in [-0.39, 0.29) is 12.0 Å². The maximum atomic E-state index is 10.8. The molecule has 0 amide bonds. The maximum Gasteiger partial charge on any atom is 0.156 e. The van der Waals surface area contributed by atoms with Gasteiger partial charge in [0.25, 0.3) is 0 Å². The molecule has 0 saturated carbocycles. The average molecular weight is 286 g/mol. The van der Waals surface area contributed by atoms with E-state index in [4.69, 9.17) is 14.2 Å². The zero-order valence-corrected chi connectivity index (χ0v) is 11.7. The topological polar surface area (TPSA) is 44.8 Å². The van der Waals surface area contributed by atoms with Crippen molar-refractivity contribution in [3.63, 3.8) is 0 Å². The highest BCUT2D eigenvalue weighted by molar-refractivity contribution is 5.58. The summed E-state index contributed by atoms with van der Waals surface area (Å²) in [6.45, 7) is 1.51. The van der Waals surface area contributed by atoms with Crippen LogP contribution in [-0.4, -0.2) is 25.6 Å². The van der Waals surface area contributed by atoms with Crippen LogP contribution in [0.4, 0.5) is 0 Å². The predicted molar refractivity (Wildman–Crippen MR) is 77.3 cm³/mol. The lowest BCUT2D eigenvalue weighted by Crippen LogP contribution is -2.31. The number of carbonyl (C=O) groups is 1. The van der Waals surface area contributed by atoms with Gasteiger partial charge >= 0.3 is 0 Å². The Balaban J connectivity index is 1.49. The number of allylic oxidation sites excluding steroid dienone is 3. The maximum absolute atomic E-state index is 10.8. The average Bonchev–Trinajstić information content (AvgIpc) is 2.55. The minimum atomic E-state index is -0.119. The third-order valence-corrected chi connectivity index (χ3v) is 3.51. The van der Waals surface area contributed by atoms with Crippen molar-refractivity contribution in [2.75, 3.05) is 13.2 Å². The van der Waals surface area contributed by atoms with Crippen molar-refractivity contribution in [1.82, 2.24) is 0 Å². The van der Waals surface area contributed by atoms with E-state index in [1.807, 2.05) is 42.5 Å². The molecule has 1 aliphatic heterocycles. The first kappa shape index (κ1) is 13.9. The van der Waals surface area contributed by atoms with Gasteiger partial charge in [-0.2, -0.15) is 0 Å². The number of rotatable bonds is 5. The van der Waals surface area contributed by atoms with Gasteiger partial charge < -0.3 is 19.0 Å². The molecule has 3 rings (SSSR count). The molecular weight excluding hydrogens is 268 g/mol. The molecule has 1 aromatic rings. The molecule has 0 N–H and O–H groups in total. The second-order valence-corrected chi connectivity index (χ2v) is 5.20. The number of aldehydes is 1. The molecule has 0 bridgehead atoms. The molecule has 0 spiro atoms. The Bertz CT molecular complexity index is 547. The van der Waals surface area contributed by atoms with Gasteiger partial charge in [0.15, 0.2) is 11.9 Å². The van der Waals surface area contributed by atoms with Crippen molar-refractivity contribution in [1.29, 1.82) is 0 Å². The van der Waals surface area contributed by atoms with E-state index in [0.717, 1.165) is 23.4 Å². The Hall–Kier alpha value is -2.07. The summed E-state index contributed by atoms with van der Waals surface area (Å²) in [4.78, 5) is 10.8. The molecule has 0 fully saturated rings. The number of benzene rings is 1. The van der Waals surface area contributed by atoms with Crippen molar-refractivity contribution in [2.45, 2.75) is 19.1 Å². The van der Waals surface area contributed by atoms with Crippen LogP contribution in [0.15, 0.2) is 54.0 Å². The monoisotopic (exact) mass is 286 g/mol.